The highest BCUT2D eigenvalue weighted by Crippen LogP contribution is 2.38. The number of hydrogen-bond acceptors (Lipinski definition) is 2. The van der Waals surface area contributed by atoms with Gasteiger partial charge in [-0.15, -0.1) is 0 Å². The van der Waals surface area contributed by atoms with Crippen molar-refractivity contribution in [3.05, 3.63) is 77.4 Å². The second kappa shape index (κ2) is 5.73. The van der Waals surface area contributed by atoms with E-state index in [1.165, 1.54) is 33.0 Å². The molecule has 26 heavy (non-hydrogen) atoms. The van der Waals surface area contributed by atoms with Crippen LogP contribution in [0.5, 0.6) is 0 Å². The fourth-order valence-electron chi connectivity index (χ4n) is 3.94. The van der Waals surface area contributed by atoms with Crippen molar-refractivity contribution in [2.75, 3.05) is 11.9 Å². The number of aryl methyl sites for hydroxylation is 2. The first-order valence-corrected chi connectivity index (χ1v) is 9.14. The van der Waals surface area contributed by atoms with E-state index in [2.05, 4.69) is 84.5 Å². The molecule has 1 aliphatic heterocycles. The van der Waals surface area contributed by atoms with Crippen molar-refractivity contribution in [2.45, 2.75) is 20.3 Å². The number of fused-ring (bicyclic) bond motifs is 2. The predicted octanol–water partition coefficient (Wildman–Crippen LogP) is 5.28. The lowest BCUT2D eigenvalue weighted by atomic mass is 9.99. The fraction of sp³-hybridized carbons (Fsp3) is 0.174. The Bertz CT molecular complexity index is 1130. The Morgan fingerprint density at radius 3 is 2.73 bits per heavy atom. The van der Waals surface area contributed by atoms with Crippen LogP contribution in [0.25, 0.3) is 27.7 Å². The van der Waals surface area contributed by atoms with Crippen molar-refractivity contribution in [1.82, 2.24) is 9.78 Å². The molecule has 0 saturated heterocycles. The van der Waals surface area contributed by atoms with E-state index in [1.54, 1.807) is 0 Å². The molecule has 1 N–H and O–H groups in total. The summed E-state index contributed by atoms with van der Waals surface area (Å²) in [6.45, 7) is 5.25. The zero-order valence-electron chi connectivity index (χ0n) is 15.1. The van der Waals surface area contributed by atoms with Gasteiger partial charge in [-0.1, -0.05) is 54.6 Å². The highest BCUT2D eigenvalue weighted by Gasteiger charge is 2.25. The highest BCUT2D eigenvalue weighted by molar-refractivity contribution is 5.97. The molecule has 0 radical (unpaired) electrons. The summed E-state index contributed by atoms with van der Waals surface area (Å²) in [4.78, 5) is 0. The molecule has 3 aromatic carbocycles. The van der Waals surface area contributed by atoms with Gasteiger partial charge in [-0.2, -0.15) is 5.10 Å². The Morgan fingerprint density at radius 2 is 1.81 bits per heavy atom. The molecule has 3 heteroatoms. The standard InChI is InChI=1S/C23H21N3/c1-15-10-11-16(2)21(14-15)26-23-20(12-13-24-23)22(25-26)19-9-5-7-17-6-3-4-8-18(17)19/h3-11,14,24H,12-13H2,1-2H3. The fourth-order valence-corrected chi connectivity index (χ4v) is 3.94. The zero-order chi connectivity index (χ0) is 17.7. The van der Waals surface area contributed by atoms with Crippen LogP contribution in [0, 0.1) is 13.8 Å². The topological polar surface area (TPSA) is 29.9 Å². The van der Waals surface area contributed by atoms with Crippen molar-refractivity contribution in [3.8, 4) is 16.9 Å². The maximum atomic E-state index is 5.08. The molecular formula is C23H21N3. The van der Waals surface area contributed by atoms with Gasteiger partial charge in [0.1, 0.15) is 5.82 Å². The minimum atomic E-state index is 0.968. The summed E-state index contributed by atoms with van der Waals surface area (Å²) in [6.07, 6.45) is 1.01. The second-order valence-corrected chi connectivity index (χ2v) is 7.08. The third kappa shape index (κ3) is 2.24. The van der Waals surface area contributed by atoms with Gasteiger partial charge in [-0.3, -0.25) is 0 Å². The summed E-state index contributed by atoms with van der Waals surface area (Å²) in [5.41, 5.74) is 7.28. The molecule has 128 valence electrons. The molecule has 0 spiro atoms. The average molecular weight is 339 g/mol. The summed E-state index contributed by atoms with van der Waals surface area (Å²) in [6, 6.07) is 21.6. The van der Waals surface area contributed by atoms with Gasteiger partial charge < -0.3 is 5.32 Å². The lowest BCUT2D eigenvalue weighted by Crippen LogP contribution is -2.06. The molecule has 4 aromatic rings. The van der Waals surface area contributed by atoms with Gasteiger partial charge in [-0.05, 0) is 48.2 Å². The highest BCUT2D eigenvalue weighted by atomic mass is 15.3. The second-order valence-electron chi connectivity index (χ2n) is 7.08. The maximum absolute atomic E-state index is 5.08. The molecular weight excluding hydrogens is 318 g/mol. The van der Waals surface area contributed by atoms with Crippen molar-refractivity contribution < 1.29 is 0 Å². The minimum absolute atomic E-state index is 0.968. The van der Waals surface area contributed by atoms with Crippen LogP contribution in [0.1, 0.15) is 16.7 Å². The van der Waals surface area contributed by atoms with Crippen LogP contribution < -0.4 is 5.32 Å². The van der Waals surface area contributed by atoms with Crippen molar-refractivity contribution in [1.29, 1.82) is 0 Å². The van der Waals surface area contributed by atoms with Crippen LogP contribution in [0.15, 0.2) is 60.7 Å². The molecule has 0 amide bonds. The van der Waals surface area contributed by atoms with E-state index in [1.807, 2.05) is 0 Å². The lowest BCUT2D eigenvalue weighted by Gasteiger charge is -2.10. The number of nitrogens with one attached hydrogen (secondary N) is 1. The van der Waals surface area contributed by atoms with E-state index in [9.17, 15) is 0 Å². The van der Waals surface area contributed by atoms with Crippen molar-refractivity contribution in [2.24, 2.45) is 0 Å². The van der Waals surface area contributed by atoms with E-state index in [0.29, 0.717) is 0 Å². The molecule has 0 aliphatic carbocycles. The number of anilines is 1. The molecule has 0 fully saturated rings. The van der Waals surface area contributed by atoms with Crippen LogP contribution in [0.3, 0.4) is 0 Å². The zero-order valence-corrected chi connectivity index (χ0v) is 15.1. The number of hydrogen-bond donors (Lipinski definition) is 1. The number of aromatic nitrogens is 2. The molecule has 0 atom stereocenters. The molecule has 5 rings (SSSR count). The molecule has 0 saturated carbocycles. The summed E-state index contributed by atoms with van der Waals surface area (Å²) < 4.78 is 2.10. The first kappa shape index (κ1) is 15.2. The quantitative estimate of drug-likeness (QED) is 0.539. The Morgan fingerprint density at radius 1 is 0.962 bits per heavy atom. The molecule has 1 aliphatic rings. The Kier molecular flexibility index (Phi) is 3.35. The van der Waals surface area contributed by atoms with Gasteiger partial charge in [0.15, 0.2) is 0 Å². The number of benzene rings is 3. The van der Waals surface area contributed by atoms with Gasteiger partial charge in [0.25, 0.3) is 0 Å². The van der Waals surface area contributed by atoms with Gasteiger partial charge in [0.05, 0.1) is 11.4 Å². The lowest BCUT2D eigenvalue weighted by molar-refractivity contribution is 0.874. The third-order valence-electron chi connectivity index (χ3n) is 5.29. The smallest absolute Gasteiger partial charge is 0.133 e. The minimum Gasteiger partial charge on any atom is -0.369 e. The van der Waals surface area contributed by atoms with Gasteiger partial charge in [0.2, 0.25) is 0 Å². The van der Waals surface area contributed by atoms with E-state index < -0.39 is 0 Å². The first-order chi connectivity index (χ1) is 12.7. The van der Waals surface area contributed by atoms with Crippen molar-refractivity contribution >= 4 is 16.6 Å². The van der Waals surface area contributed by atoms with E-state index in [-0.39, 0.29) is 0 Å². The Labute approximate surface area is 153 Å². The molecule has 2 heterocycles. The van der Waals surface area contributed by atoms with Gasteiger partial charge in [0, 0.05) is 17.7 Å². The van der Waals surface area contributed by atoms with E-state index in [0.717, 1.165) is 30.2 Å². The molecule has 0 unspecified atom stereocenters. The first-order valence-electron chi connectivity index (χ1n) is 9.14. The van der Waals surface area contributed by atoms with Crippen LogP contribution in [-0.4, -0.2) is 16.3 Å². The summed E-state index contributed by atoms with van der Waals surface area (Å²) in [5.74, 6) is 1.14. The van der Waals surface area contributed by atoms with Crippen LogP contribution in [0.4, 0.5) is 5.82 Å². The third-order valence-corrected chi connectivity index (χ3v) is 5.29. The molecule has 1 aromatic heterocycles. The van der Waals surface area contributed by atoms with Crippen molar-refractivity contribution in [3.63, 3.8) is 0 Å². The average Bonchev–Trinajstić information content (AvgIpc) is 3.26. The summed E-state index contributed by atoms with van der Waals surface area (Å²) in [5, 5.41) is 11.1. The van der Waals surface area contributed by atoms with Crippen LogP contribution >= 0.6 is 0 Å². The Hall–Kier alpha value is -3.07. The van der Waals surface area contributed by atoms with E-state index >= 15 is 0 Å². The molecule has 0 bridgehead atoms. The van der Waals surface area contributed by atoms with Gasteiger partial charge >= 0.3 is 0 Å². The molecule has 3 nitrogen and oxygen atoms in total. The number of nitrogens with zero attached hydrogens (tertiary/aromatic N) is 2. The SMILES string of the molecule is Cc1ccc(C)c(-n2nc(-c3cccc4ccccc34)c3c2NCC3)c1. The van der Waals surface area contributed by atoms with E-state index in [4.69, 9.17) is 5.10 Å². The number of rotatable bonds is 2. The predicted molar refractivity (Wildman–Crippen MR) is 108 cm³/mol. The van der Waals surface area contributed by atoms with Crippen LogP contribution in [-0.2, 0) is 6.42 Å². The monoisotopic (exact) mass is 339 g/mol. The summed E-state index contributed by atoms with van der Waals surface area (Å²) in [7, 11) is 0. The van der Waals surface area contributed by atoms with Crippen LogP contribution in [0.2, 0.25) is 0 Å². The van der Waals surface area contributed by atoms with Gasteiger partial charge in [-0.25, -0.2) is 4.68 Å². The maximum Gasteiger partial charge on any atom is 0.133 e. The Balaban J connectivity index is 1.78. The normalized spacial score (nSPS) is 13.0. The summed E-state index contributed by atoms with van der Waals surface area (Å²) >= 11 is 0. The largest absolute Gasteiger partial charge is 0.369 e.